The number of amides is 1. The lowest BCUT2D eigenvalue weighted by molar-refractivity contribution is -0.130. The minimum absolute atomic E-state index is 0.105. The quantitative estimate of drug-likeness (QED) is 0.457. The molecule has 0 spiro atoms. The van der Waals surface area contributed by atoms with E-state index >= 15 is 0 Å². The maximum atomic E-state index is 14.3. The lowest BCUT2D eigenvalue weighted by Crippen LogP contribution is -2.37. The summed E-state index contributed by atoms with van der Waals surface area (Å²) in [6, 6.07) is 7.20. The number of nitriles is 1. The van der Waals surface area contributed by atoms with Crippen molar-refractivity contribution in [1.82, 2.24) is 29.3 Å². The molecule has 8 nitrogen and oxygen atoms in total. The predicted molar refractivity (Wildman–Crippen MR) is 120 cm³/mol. The van der Waals surface area contributed by atoms with Crippen LogP contribution in [0.25, 0.3) is 16.6 Å². The molecule has 0 unspecified atom stereocenters. The Kier molecular flexibility index (Phi) is 5.56. The van der Waals surface area contributed by atoms with Crippen LogP contribution in [0.2, 0.25) is 0 Å². The van der Waals surface area contributed by atoms with Crippen molar-refractivity contribution in [3.05, 3.63) is 60.6 Å². The van der Waals surface area contributed by atoms with Crippen LogP contribution in [0.5, 0.6) is 0 Å². The van der Waals surface area contributed by atoms with Crippen molar-refractivity contribution >= 4 is 23.2 Å². The van der Waals surface area contributed by atoms with Gasteiger partial charge in [0.15, 0.2) is 5.82 Å². The predicted octanol–water partition coefficient (Wildman–Crippen LogP) is 3.94. The van der Waals surface area contributed by atoms with Gasteiger partial charge in [-0.3, -0.25) is 9.48 Å². The van der Waals surface area contributed by atoms with Crippen LogP contribution in [0.4, 0.5) is 4.39 Å². The largest absolute Gasteiger partial charge is 0.343 e. The Bertz CT molecular complexity index is 1380. The Labute approximate surface area is 193 Å². The molecule has 1 fully saturated rings. The normalized spacial score (nSPS) is 14.5. The average molecular weight is 462 g/mol. The molecule has 4 aromatic rings. The van der Waals surface area contributed by atoms with E-state index in [2.05, 4.69) is 21.3 Å². The lowest BCUT2D eigenvalue weighted by atomic mass is 10.1. The van der Waals surface area contributed by atoms with Gasteiger partial charge in [0, 0.05) is 54.6 Å². The molecule has 1 saturated heterocycles. The molecule has 0 N–H and O–H groups in total. The molecule has 1 aliphatic rings. The zero-order valence-corrected chi connectivity index (χ0v) is 18.7. The summed E-state index contributed by atoms with van der Waals surface area (Å²) in [5.74, 6) is -0.318. The Hall–Kier alpha value is -3.71. The average Bonchev–Trinajstić information content (AvgIpc) is 3.48. The molecule has 1 aliphatic heterocycles. The monoisotopic (exact) mass is 461 g/mol. The van der Waals surface area contributed by atoms with Gasteiger partial charge in [0.25, 0.3) is 0 Å². The highest BCUT2D eigenvalue weighted by molar-refractivity contribution is 7.99. The molecule has 1 amide bonds. The number of aromatic nitrogens is 5. The number of rotatable bonds is 4. The minimum atomic E-state index is -0.422. The highest BCUT2D eigenvalue weighted by Crippen LogP contribution is 2.36. The first-order chi connectivity index (χ1) is 16.0. The van der Waals surface area contributed by atoms with E-state index in [0.29, 0.717) is 16.0 Å². The van der Waals surface area contributed by atoms with Crippen molar-refractivity contribution in [3.63, 3.8) is 0 Å². The van der Waals surface area contributed by atoms with Gasteiger partial charge in [-0.2, -0.15) is 15.5 Å². The summed E-state index contributed by atoms with van der Waals surface area (Å²) in [4.78, 5) is 18.3. The number of pyridine rings is 2. The van der Waals surface area contributed by atoms with Crippen molar-refractivity contribution in [2.45, 2.75) is 35.7 Å². The summed E-state index contributed by atoms with van der Waals surface area (Å²) in [5.41, 5.74) is 2.76. The maximum absolute atomic E-state index is 14.3. The topological polar surface area (TPSA) is 92.1 Å². The van der Waals surface area contributed by atoms with Gasteiger partial charge in [-0.15, -0.1) is 0 Å². The molecule has 0 aliphatic carbocycles. The van der Waals surface area contributed by atoms with Crippen LogP contribution in [0.15, 0.2) is 59.1 Å². The van der Waals surface area contributed by atoms with E-state index in [-0.39, 0.29) is 17.0 Å². The number of nitrogens with zero attached hydrogens (tertiary/aromatic N) is 7. The van der Waals surface area contributed by atoms with E-state index in [0.717, 1.165) is 48.8 Å². The van der Waals surface area contributed by atoms with E-state index in [4.69, 9.17) is 0 Å². The van der Waals surface area contributed by atoms with E-state index in [9.17, 15) is 14.4 Å². The molecule has 33 heavy (non-hydrogen) atoms. The van der Waals surface area contributed by atoms with Crippen LogP contribution in [-0.2, 0) is 4.79 Å². The van der Waals surface area contributed by atoms with Gasteiger partial charge in [-0.05, 0) is 31.0 Å². The van der Waals surface area contributed by atoms with Gasteiger partial charge >= 0.3 is 0 Å². The van der Waals surface area contributed by atoms with Crippen molar-refractivity contribution < 1.29 is 9.18 Å². The molecule has 0 bridgehead atoms. The molecule has 0 radical (unpaired) electrons. The zero-order valence-electron chi connectivity index (χ0n) is 17.8. The number of hydrogen-bond acceptors (Lipinski definition) is 6. The van der Waals surface area contributed by atoms with Crippen LogP contribution in [-0.4, -0.2) is 48.3 Å². The SMILES string of the molecule is CC(=O)N1CCC(n2cc(-c3cc(Sc4ncccc4F)c4c(C#N)cnn4c3)cn2)CC1. The number of fused-ring (bicyclic) bond motifs is 1. The standard InChI is InChI=1S/C23H20FN7OS/c1-15(32)29-7-4-19(5-8-29)30-14-18(12-27-30)16-9-21(33-23-20(24)3-2-6-26-23)22-17(10-25)11-28-31(22)13-16/h2-3,6,9,11-14,19H,4-5,7-8H2,1H3. The van der Waals surface area contributed by atoms with Crippen molar-refractivity contribution in [3.8, 4) is 17.2 Å². The molecule has 5 rings (SSSR count). The van der Waals surface area contributed by atoms with E-state index in [1.807, 2.05) is 28.0 Å². The number of hydrogen-bond donors (Lipinski definition) is 0. The molecule has 166 valence electrons. The van der Waals surface area contributed by atoms with Crippen molar-refractivity contribution in [2.75, 3.05) is 13.1 Å². The fraction of sp³-hybridized carbons (Fsp3) is 0.261. The number of carbonyl (C=O) groups is 1. The molecule has 0 aromatic carbocycles. The first-order valence-electron chi connectivity index (χ1n) is 10.5. The third-order valence-corrected chi connectivity index (χ3v) is 6.87. The molecule has 4 aromatic heterocycles. The smallest absolute Gasteiger partial charge is 0.219 e. The lowest BCUT2D eigenvalue weighted by Gasteiger charge is -2.31. The van der Waals surface area contributed by atoms with Gasteiger partial charge in [0.05, 0.1) is 29.5 Å². The van der Waals surface area contributed by atoms with Crippen molar-refractivity contribution in [2.24, 2.45) is 0 Å². The number of piperidine rings is 1. The second-order valence-corrected chi connectivity index (χ2v) is 8.93. The summed E-state index contributed by atoms with van der Waals surface area (Å²) in [6.45, 7) is 3.05. The summed E-state index contributed by atoms with van der Waals surface area (Å²) >= 11 is 1.16. The van der Waals surface area contributed by atoms with E-state index in [1.54, 1.807) is 23.7 Å². The van der Waals surface area contributed by atoms with E-state index in [1.165, 1.54) is 18.5 Å². The summed E-state index contributed by atoms with van der Waals surface area (Å²) in [6.07, 6.45) is 10.4. The number of likely N-dealkylation sites (tertiary alicyclic amines) is 1. The van der Waals surface area contributed by atoms with Gasteiger partial charge < -0.3 is 4.90 Å². The Morgan fingerprint density at radius 1 is 1.21 bits per heavy atom. The van der Waals surface area contributed by atoms with Gasteiger partial charge in [0.2, 0.25) is 5.91 Å². The molecular formula is C23H20FN7OS. The highest BCUT2D eigenvalue weighted by atomic mass is 32.2. The van der Waals surface area contributed by atoms with E-state index < -0.39 is 5.82 Å². The Balaban J connectivity index is 1.49. The zero-order chi connectivity index (χ0) is 22.9. The fourth-order valence-electron chi connectivity index (χ4n) is 4.08. The van der Waals surface area contributed by atoms with Crippen LogP contribution < -0.4 is 0 Å². The summed E-state index contributed by atoms with van der Waals surface area (Å²) < 4.78 is 17.9. The molecular weight excluding hydrogens is 441 g/mol. The Morgan fingerprint density at radius 2 is 2.03 bits per heavy atom. The van der Waals surface area contributed by atoms with Gasteiger partial charge in [-0.25, -0.2) is 13.9 Å². The molecule has 10 heteroatoms. The second-order valence-electron chi connectivity index (χ2n) is 7.89. The summed E-state index contributed by atoms with van der Waals surface area (Å²) in [5, 5.41) is 18.6. The second kappa shape index (κ2) is 8.67. The molecule has 0 atom stereocenters. The maximum Gasteiger partial charge on any atom is 0.219 e. The van der Waals surface area contributed by atoms with Crippen LogP contribution in [0.3, 0.4) is 0 Å². The van der Waals surface area contributed by atoms with Gasteiger partial charge in [0.1, 0.15) is 11.1 Å². The minimum Gasteiger partial charge on any atom is -0.343 e. The summed E-state index contributed by atoms with van der Waals surface area (Å²) in [7, 11) is 0. The van der Waals surface area contributed by atoms with Crippen molar-refractivity contribution in [1.29, 1.82) is 5.26 Å². The first kappa shape index (κ1) is 21.2. The number of halogens is 1. The molecule has 5 heterocycles. The number of carbonyl (C=O) groups excluding carboxylic acids is 1. The third kappa shape index (κ3) is 4.07. The van der Waals surface area contributed by atoms with Gasteiger partial charge in [-0.1, -0.05) is 11.8 Å². The third-order valence-electron chi connectivity index (χ3n) is 5.85. The Morgan fingerprint density at radius 3 is 2.76 bits per heavy atom. The van der Waals surface area contributed by atoms with Crippen LogP contribution >= 0.6 is 11.8 Å². The van der Waals surface area contributed by atoms with Crippen LogP contribution in [0.1, 0.15) is 31.4 Å². The molecule has 0 saturated carbocycles. The first-order valence-corrected chi connectivity index (χ1v) is 11.3. The highest BCUT2D eigenvalue weighted by Gasteiger charge is 2.23. The fourth-order valence-corrected chi connectivity index (χ4v) is 5.06. The van der Waals surface area contributed by atoms with Crippen LogP contribution in [0, 0.1) is 17.1 Å².